The minimum absolute atomic E-state index is 0.151. The summed E-state index contributed by atoms with van der Waals surface area (Å²) in [5.74, 6) is -0.264. The number of aryl methyl sites for hydroxylation is 2. The van der Waals surface area contributed by atoms with Crippen molar-refractivity contribution in [3.05, 3.63) is 47.0 Å². The summed E-state index contributed by atoms with van der Waals surface area (Å²) in [6.45, 7) is 4.55. The molecule has 0 amide bonds. The van der Waals surface area contributed by atoms with Crippen LogP contribution in [0.5, 0.6) is 11.8 Å². The van der Waals surface area contributed by atoms with Gasteiger partial charge in [0.15, 0.2) is 11.6 Å². The van der Waals surface area contributed by atoms with Gasteiger partial charge < -0.3 is 10.1 Å². The van der Waals surface area contributed by atoms with Crippen molar-refractivity contribution in [3.63, 3.8) is 0 Å². The molecule has 2 aromatic rings. The Balaban J connectivity index is 1.73. The van der Waals surface area contributed by atoms with E-state index in [0.29, 0.717) is 6.04 Å². The van der Waals surface area contributed by atoms with Crippen molar-refractivity contribution >= 4 is 0 Å². The molecular weight excluding hydrogens is 269 g/mol. The van der Waals surface area contributed by atoms with Crippen LogP contribution in [0, 0.1) is 19.7 Å². The van der Waals surface area contributed by atoms with Crippen molar-refractivity contribution in [1.82, 2.24) is 15.3 Å². The van der Waals surface area contributed by atoms with Crippen LogP contribution in [0.15, 0.2) is 24.4 Å². The lowest BCUT2D eigenvalue weighted by Gasteiger charge is -2.09. The fraction of sp³-hybridized carbons (Fsp3) is 0.375. The number of nitrogens with one attached hydrogen (secondary N) is 1. The molecule has 1 fully saturated rings. The molecule has 1 N–H and O–H groups in total. The molecule has 1 aliphatic carbocycles. The summed E-state index contributed by atoms with van der Waals surface area (Å²) in [5, 5.41) is 3.42. The molecule has 0 atom stereocenters. The monoisotopic (exact) mass is 287 g/mol. The number of hydrogen-bond acceptors (Lipinski definition) is 4. The van der Waals surface area contributed by atoms with Gasteiger partial charge in [-0.05, 0) is 44.4 Å². The second kappa shape index (κ2) is 5.77. The van der Waals surface area contributed by atoms with Gasteiger partial charge in [-0.25, -0.2) is 9.37 Å². The summed E-state index contributed by atoms with van der Waals surface area (Å²) in [5.41, 5.74) is 2.81. The Labute approximate surface area is 123 Å². The number of hydrogen-bond donors (Lipinski definition) is 1. The van der Waals surface area contributed by atoms with Gasteiger partial charge in [0.2, 0.25) is 0 Å². The second-order valence-electron chi connectivity index (χ2n) is 5.45. The maximum atomic E-state index is 13.7. The van der Waals surface area contributed by atoms with Gasteiger partial charge in [-0.15, -0.1) is 0 Å². The molecule has 1 aromatic carbocycles. The molecule has 0 spiro atoms. The maximum Gasteiger partial charge on any atom is 0.322 e. The van der Waals surface area contributed by atoms with E-state index < -0.39 is 5.82 Å². The summed E-state index contributed by atoms with van der Waals surface area (Å²) in [6.07, 6.45) is 4.22. The first kappa shape index (κ1) is 13.9. The highest BCUT2D eigenvalue weighted by Crippen LogP contribution is 2.24. The highest BCUT2D eigenvalue weighted by Gasteiger charge is 2.20. The highest BCUT2D eigenvalue weighted by molar-refractivity contribution is 5.31. The zero-order valence-corrected chi connectivity index (χ0v) is 12.2. The van der Waals surface area contributed by atoms with E-state index in [0.717, 1.165) is 23.4 Å². The Kier molecular flexibility index (Phi) is 3.84. The van der Waals surface area contributed by atoms with Crippen LogP contribution in [0.1, 0.15) is 29.7 Å². The van der Waals surface area contributed by atoms with Gasteiger partial charge in [0.25, 0.3) is 0 Å². The molecule has 4 nitrogen and oxygen atoms in total. The van der Waals surface area contributed by atoms with E-state index in [1.807, 2.05) is 13.8 Å². The quantitative estimate of drug-likeness (QED) is 0.916. The molecule has 0 aliphatic heterocycles. The molecule has 1 aromatic heterocycles. The van der Waals surface area contributed by atoms with E-state index in [-0.39, 0.29) is 11.8 Å². The number of nitrogens with zero attached hydrogens (tertiary/aromatic N) is 2. The molecule has 1 heterocycles. The Hall–Kier alpha value is -2.01. The fourth-order valence-corrected chi connectivity index (χ4v) is 2.02. The van der Waals surface area contributed by atoms with Crippen LogP contribution in [-0.2, 0) is 6.54 Å². The molecule has 1 aliphatic rings. The zero-order chi connectivity index (χ0) is 14.8. The Morgan fingerprint density at radius 3 is 2.86 bits per heavy atom. The molecule has 1 saturated carbocycles. The average Bonchev–Trinajstić information content (AvgIpc) is 3.26. The van der Waals surface area contributed by atoms with Crippen LogP contribution in [-0.4, -0.2) is 16.0 Å². The van der Waals surface area contributed by atoms with E-state index in [4.69, 9.17) is 4.74 Å². The van der Waals surface area contributed by atoms with Crippen LogP contribution in [0.3, 0.4) is 0 Å². The van der Waals surface area contributed by atoms with Crippen LogP contribution in [0.25, 0.3) is 0 Å². The maximum absolute atomic E-state index is 13.7. The van der Waals surface area contributed by atoms with Gasteiger partial charge in [-0.1, -0.05) is 6.07 Å². The molecule has 110 valence electrons. The summed E-state index contributed by atoms with van der Waals surface area (Å²) in [7, 11) is 0. The standard InChI is InChI=1S/C16H18FN3O/c1-10-3-6-14(17)15(7-10)21-16-19-9-12(11(2)20-16)8-18-13-4-5-13/h3,6-7,9,13,18H,4-5,8H2,1-2H3. The zero-order valence-electron chi connectivity index (χ0n) is 12.2. The van der Waals surface area contributed by atoms with Crippen molar-refractivity contribution in [2.75, 3.05) is 0 Å². The second-order valence-corrected chi connectivity index (χ2v) is 5.45. The van der Waals surface area contributed by atoms with Crippen molar-refractivity contribution in [1.29, 1.82) is 0 Å². The van der Waals surface area contributed by atoms with Gasteiger partial charge in [-0.3, -0.25) is 0 Å². The van der Waals surface area contributed by atoms with Gasteiger partial charge >= 0.3 is 6.01 Å². The lowest BCUT2D eigenvalue weighted by Crippen LogP contribution is -2.16. The molecular formula is C16H18FN3O. The van der Waals surface area contributed by atoms with Gasteiger partial charge in [-0.2, -0.15) is 4.98 Å². The van der Waals surface area contributed by atoms with Crippen LogP contribution >= 0.6 is 0 Å². The number of benzene rings is 1. The number of ether oxygens (including phenoxy) is 1. The number of halogens is 1. The summed E-state index contributed by atoms with van der Waals surface area (Å²) in [4.78, 5) is 8.46. The minimum Gasteiger partial charge on any atom is -0.421 e. The van der Waals surface area contributed by atoms with Crippen molar-refractivity contribution in [3.8, 4) is 11.8 Å². The smallest absolute Gasteiger partial charge is 0.322 e. The predicted octanol–water partition coefficient (Wildman–Crippen LogP) is 3.28. The van der Waals surface area contributed by atoms with Crippen molar-refractivity contribution in [2.45, 2.75) is 39.3 Å². The van der Waals surface area contributed by atoms with E-state index in [2.05, 4.69) is 15.3 Å². The van der Waals surface area contributed by atoms with Gasteiger partial charge in [0.1, 0.15) is 0 Å². The third-order valence-corrected chi connectivity index (χ3v) is 3.51. The van der Waals surface area contributed by atoms with E-state index >= 15 is 0 Å². The Morgan fingerprint density at radius 1 is 1.33 bits per heavy atom. The molecule has 3 rings (SSSR count). The van der Waals surface area contributed by atoms with Crippen LogP contribution in [0.2, 0.25) is 0 Å². The summed E-state index contributed by atoms with van der Waals surface area (Å²) < 4.78 is 19.1. The van der Waals surface area contributed by atoms with Gasteiger partial charge in [0.05, 0.1) is 0 Å². The molecule has 21 heavy (non-hydrogen) atoms. The third-order valence-electron chi connectivity index (χ3n) is 3.51. The molecule has 0 bridgehead atoms. The molecule has 0 radical (unpaired) electrons. The van der Waals surface area contributed by atoms with Crippen LogP contribution < -0.4 is 10.1 Å². The van der Waals surface area contributed by atoms with E-state index in [1.54, 1.807) is 18.3 Å². The Morgan fingerprint density at radius 2 is 2.14 bits per heavy atom. The molecule has 0 unspecified atom stereocenters. The normalized spacial score (nSPS) is 14.2. The fourth-order valence-electron chi connectivity index (χ4n) is 2.02. The van der Waals surface area contributed by atoms with Gasteiger partial charge in [0, 0.05) is 30.0 Å². The summed E-state index contributed by atoms with van der Waals surface area (Å²) in [6, 6.07) is 5.53. The third kappa shape index (κ3) is 3.55. The van der Waals surface area contributed by atoms with Crippen LogP contribution in [0.4, 0.5) is 4.39 Å². The predicted molar refractivity (Wildman–Crippen MR) is 77.8 cm³/mol. The topological polar surface area (TPSA) is 47.0 Å². The van der Waals surface area contributed by atoms with Crippen molar-refractivity contribution < 1.29 is 9.13 Å². The first-order valence-corrected chi connectivity index (χ1v) is 7.12. The van der Waals surface area contributed by atoms with E-state index in [9.17, 15) is 4.39 Å². The van der Waals surface area contributed by atoms with Crippen molar-refractivity contribution in [2.24, 2.45) is 0 Å². The molecule has 5 heteroatoms. The lowest BCUT2D eigenvalue weighted by atomic mass is 10.2. The largest absolute Gasteiger partial charge is 0.421 e. The molecule has 0 saturated heterocycles. The van der Waals surface area contributed by atoms with E-state index in [1.165, 1.54) is 18.9 Å². The first-order valence-electron chi connectivity index (χ1n) is 7.12. The first-order chi connectivity index (χ1) is 10.1. The number of aromatic nitrogens is 2. The Bertz CT molecular complexity index is 656. The average molecular weight is 287 g/mol. The highest BCUT2D eigenvalue weighted by atomic mass is 19.1. The SMILES string of the molecule is Cc1ccc(F)c(Oc2ncc(CNC3CC3)c(C)n2)c1. The minimum atomic E-state index is -0.415. The summed E-state index contributed by atoms with van der Waals surface area (Å²) >= 11 is 0. The lowest BCUT2D eigenvalue weighted by molar-refractivity contribution is 0.408. The number of rotatable bonds is 5.